The molecular formula is C12H22N2. The minimum absolute atomic E-state index is 0.900. The van der Waals surface area contributed by atoms with Gasteiger partial charge in [0.25, 0.3) is 0 Å². The van der Waals surface area contributed by atoms with E-state index in [4.69, 9.17) is 5.73 Å². The van der Waals surface area contributed by atoms with Gasteiger partial charge in [0.2, 0.25) is 0 Å². The predicted molar refractivity (Wildman–Crippen MR) is 58.0 cm³/mol. The maximum absolute atomic E-state index is 5.68. The van der Waals surface area contributed by atoms with E-state index in [0.29, 0.717) is 0 Å². The largest absolute Gasteiger partial charge is 0.330 e. The molecule has 2 N–H and O–H groups in total. The van der Waals surface area contributed by atoms with Crippen LogP contribution >= 0.6 is 0 Å². The van der Waals surface area contributed by atoms with Crippen molar-refractivity contribution in [3.05, 3.63) is 0 Å². The fourth-order valence-electron chi connectivity index (χ4n) is 3.68. The Morgan fingerprint density at radius 2 is 1.86 bits per heavy atom. The molecule has 2 bridgehead atoms. The maximum atomic E-state index is 5.68. The molecule has 80 valence electrons. The summed E-state index contributed by atoms with van der Waals surface area (Å²) in [5, 5.41) is 0. The zero-order chi connectivity index (χ0) is 9.54. The molecule has 0 spiro atoms. The van der Waals surface area contributed by atoms with Gasteiger partial charge >= 0.3 is 0 Å². The molecule has 4 rings (SSSR count). The molecule has 2 heterocycles. The third kappa shape index (κ3) is 1.49. The highest BCUT2D eigenvalue weighted by Gasteiger charge is 2.44. The highest BCUT2D eigenvalue weighted by Crippen LogP contribution is 2.44. The summed E-state index contributed by atoms with van der Waals surface area (Å²) in [6.07, 6.45) is 8.65. The quantitative estimate of drug-likeness (QED) is 0.739. The number of nitrogens with two attached hydrogens (primary N) is 1. The zero-order valence-electron chi connectivity index (χ0n) is 8.99. The average Bonchev–Trinajstić information content (AvgIpc) is 3.02. The van der Waals surface area contributed by atoms with E-state index < -0.39 is 0 Å². The Bertz CT molecular complexity index is 212. The predicted octanol–water partition coefficient (Wildman–Crippen LogP) is 1.60. The van der Waals surface area contributed by atoms with Crippen LogP contribution in [-0.2, 0) is 0 Å². The molecule has 2 saturated carbocycles. The second-order valence-electron chi connectivity index (χ2n) is 5.49. The summed E-state index contributed by atoms with van der Waals surface area (Å²) in [7, 11) is 0. The zero-order valence-corrected chi connectivity index (χ0v) is 8.99. The highest BCUT2D eigenvalue weighted by atomic mass is 15.2. The van der Waals surface area contributed by atoms with Gasteiger partial charge in [0, 0.05) is 18.6 Å². The lowest BCUT2D eigenvalue weighted by atomic mass is 9.70. The van der Waals surface area contributed by atoms with E-state index in [2.05, 4.69) is 4.90 Å². The number of nitrogens with zero attached hydrogens (tertiary/aromatic N) is 1. The highest BCUT2D eigenvalue weighted by molar-refractivity contribution is 4.99. The van der Waals surface area contributed by atoms with Crippen molar-refractivity contribution in [2.75, 3.05) is 13.1 Å². The summed E-state index contributed by atoms with van der Waals surface area (Å²) >= 11 is 0. The molecule has 2 nitrogen and oxygen atoms in total. The van der Waals surface area contributed by atoms with E-state index in [-0.39, 0.29) is 0 Å². The van der Waals surface area contributed by atoms with Crippen LogP contribution in [0.1, 0.15) is 38.5 Å². The van der Waals surface area contributed by atoms with E-state index >= 15 is 0 Å². The summed E-state index contributed by atoms with van der Waals surface area (Å²) in [5.41, 5.74) is 5.68. The van der Waals surface area contributed by atoms with Gasteiger partial charge in [0.15, 0.2) is 0 Å². The fraction of sp³-hybridized carbons (Fsp3) is 1.00. The number of piperidine rings is 2. The van der Waals surface area contributed by atoms with Crippen molar-refractivity contribution in [2.45, 2.75) is 50.6 Å². The fourth-order valence-corrected chi connectivity index (χ4v) is 3.68. The molecule has 4 aliphatic rings. The molecule has 2 aliphatic carbocycles. The van der Waals surface area contributed by atoms with Crippen molar-refractivity contribution < 1.29 is 0 Å². The summed E-state index contributed by atoms with van der Waals surface area (Å²) < 4.78 is 0. The molecule has 0 amide bonds. The summed E-state index contributed by atoms with van der Waals surface area (Å²) in [5.74, 6) is 1.96. The van der Waals surface area contributed by atoms with Crippen molar-refractivity contribution in [1.82, 2.24) is 4.90 Å². The third-order valence-corrected chi connectivity index (χ3v) is 4.58. The van der Waals surface area contributed by atoms with Crippen molar-refractivity contribution >= 4 is 0 Å². The number of hydrogen-bond donors (Lipinski definition) is 1. The van der Waals surface area contributed by atoms with Gasteiger partial charge in [0.1, 0.15) is 0 Å². The van der Waals surface area contributed by atoms with Gasteiger partial charge < -0.3 is 5.73 Å². The number of rotatable bonds is 3. The molecule has 0 radical (unpaired) electrons. The van der Waals surface area contributed by atoms with Crippen molar-refractivity contribution in [3.8, 4) is 0 Å². The van der Waals surface area contributed by atoms with E-state index in [9.17, 15) is 0 Å². The van der Waals surface area contributed by atoms with Crippen LogP contribution in [0.15, 0.2) is 0 Å². The summed E-state index contributed by atoms with van der Waals surface area (Å²) in [6.45, 7) is 2.30. The standard InChI is InChI=1S/C12H22N2/c13-6-5-9-7-12-2-1-10(9)8-14(12)11-3-4-11/h9-12H,1-8,13H2. The van der Waals surface area contributed by atoms with Crippen LogP contribution < -0.4 is 5.73 Å². The first-order valence-corrected chi connectivity index (χ1v) is 6.34. The Morgan fingerprint density at radius 1 is 1.07 bits per heavy atom. The lowest BCUT2D eigenvalue weighted by molar-refractivity contribution is -0.00239. The molecule has 4 fully saturated rings. The van der Waals surface area contributed by atoms with Crippen LogP contribution in [0.3, 0.4) is 0 Å². The molecule has 2 saturated heterocycles. The number of hydrogen-bond acceptors (Lipinski definition) is 2. The lowest BCUT2D eigenvalue weighted by Gasteiger charge is -2.50. The molecule has 14 heavy (non-hydrogen) atoms. The lowest BCUT2D eigenvalue weighted by Crippen LogP contribution is -2.53. The Kier molecular flexibility index (Phi) is 2.29. The second-order valence-corrected chi connectivity index (χ2v) is 5.49. The van der Waals surface area contributed by atoms with Crippen LogP contribution in [0.5, 0.6) is 0 Å². The molecule has 2 aliphatic heterocycles. The normalized spacial score (nSPS) is 43.1. The van der Waals surface area contributed by atoms with Gasteiger partial charge in [-0.15, -0.1) is 0 Å². The molecule has 0 aromatic rings. The first-order valence-electron chi connectivity index (χ1n) is 6.34. The minimum atomic E-state index is 0.900. The van der Waals surface area contributed by atoms with Crippen LogP contribution in [0.4, 0.5) is 0 Å². The van der Waals surface area contributed by atoms with Crippen molar-refractivity contribution in [2.24, 2.45) is 17.6 Å². The Balaban J connectivity index is 1.66. The molecule has 3 unspecified atom stereocenters. The van der Waals surface area contributed by atoms with Crippen molar-refractivity contribution in [3.63, 3.8) is 0 Å². The van der Waals surface area contributed by atoms with E-state index in [1.165, 1.54) is 45.1 Å². The first-order chi connectivity index (χ1) is 6.88. The first kappa shape index (κ1) is 9.17. The van der Waals surface area contributed by atoms with Crippen LogP contribution in [-0.4, -0.2) is 30.1 Å². The molecular weight excluding hydrogens is 172 g/mol. The maximum Gasteiger partial charge on any atom is 0.0101 e. The minimum Gasteiger partial charge on any atom is -0.330 e. The van der Waals surface area contributed by atoms with Gasteiger partial charge in [0.05, 0.1) is 0 Å². The summed E-state index contributed by atoms with van der Waals surface area (Å²) in [4.78, 5) is 2.82. The van der Waals surface area contributed by atoms with Gasteiger partial charge in [-0.25, -0.2) is 0 Å². The topological polar surface area (TPSA) is 29.3 Å². The Labute approximate surface area is 86.8 Å². The Morgan fingerprint density at radius 3 is 2.43 bits per heavy atom. The van der Waals surface area contributed by atoms with E-state index in [1.807, 2.05) is 0 Å². The smallest absolute Gasteiger partial charge is 0.0101 e. The number of fused-ring (bicyclic) bond motifs is 3. The van der Waals surface area contributed by atoms with E-state index in [0.717, 1.165) is 30.5 Å². The third-order valence-electron chi connectivity index (χ3n) is 4.58. The van der Waals surface area contributed by atoms with E-state index in [1.54, 1.807) is 0 Å². The van der Waals surface area contributed by atoms with Gasteiger partial charge in [-0.1, -0.05) is 0 Å². The van der Waals surface area contributed by atoms with Crippen LogP contribution in [0.25, 0.3) is 0 Å². The van der Waals surface area contributed by atoms with Gasteiger partial charge in [-0.2, -0.15) is 0 Å². The molecule has 2 heteroatoms. The van der Waals surface area contributed by atoms with Crippen LogP contribution in [0.2, 0.25) is 0 Å². The monoisotopic (exact) mass is 194 g/mol. The van der Waals surface area contributed by atoms with Gasteiger partial charge in [-0.3, -0.25) is 4.90 Å². The average molecular weight is 194 g/mol. The molecule has 0 aromatic heterocycles. The molecule has 0 aromatic carbocycles. The van der Waals surface area contributed by atoms with Gasteiger partial charge in [-0.05, 0) is 56.9 Å². The second kappa shape index (κ2) is 3.49. The Hall–Kier alpha value is -0.0800. The van der Waals surface area contributed by atoms with Crippen molar-refractivity contribution in [1.29, 1.82) is 0 Å². The van der Waals surface area contributed by atoms with Crippen LogP contribution in [0, 0.1) is 11.8 Å². The SMILES string of the molecule is NCCC1CC2CCC1CN2C1CC1. The summed E-state index contributed by atoms with van der Waals surface area (Å²) in [6, 6.07) is 1.92. The molecule has 3 atom stereocenters.